The van der Waals surface area contributed by atoms with Crippen LogP contribution in [-0.4, -0.2) is 42.0 Å². The monoisotopic (exact) mass is 269 g/mol. The molecule has 0 saturated carbocycles. The van der Waals surface area contributed by atoms with E-state index in [0.717, 1.165) is 0 Å². The lowest BCUT2D eigenvalue weighted by Crippen LogP contribution is -2.44. The van der Waals surface area contributed by atoms with Crippen LogP contribution in [0, 0.1) is 11.8 Å². The maximum atomic E-state index is 12.1. The largest absolute Gasteiger partial charge is 0.416 e. The number of hydrogen-bond donors (Lipinski definition) is 2. The third-order valence-corrected chi connectivity index (χ3v) is 3.39. The number of ether oxygens (including phenoxy) is 1. The Morgan fingerprint density at radius 1 is 1.33 bits per heavy atom. The number of aliphatic hydroxyl groups excluding tert-OH is 1. The highest BCUT2D eigenvalue weighted by Gasteiger charge is 2.43. The summed E-state index contributed by atoms with van der Waals surface area (Å²) < 4.78 is 41.6. The Bertz CT molecular complexity index is 308. The molecule has 5 unspecified atom stereocenters. The van der Waals surface area contributed by atoms with Gasteiger partial charge in [-0.3, -0.25) is 4.79 Å². The van der Waals surface area contributed by atoms with Crippen LogP contribution >= 0.6 is 0 Å². The molecule has 4 nitrogen and oxygen atoms in total. The molecule has 1 saturated heterocycles. The summed E-state index contributed by atoms with van der Waals surface area (Å²) in [7, 11) is 0. The van der Waals surface area contributed by atoms with E-state index in [9.17, 15) is 18.0 Å². The maximum absolute atomic E-state index is 12.1. The number of hydrogen-bond acceptors (Lipinski definition) is 3. The molecule has 1 amide bonds. The topological polar surface area (TPSA) is 58.6 Å². The van der Waals surface area contributed by atoms with Crippen LogP contribution in [0.1, 0.15) is 20.8 Å². The first-order valence-electron chi connectivity index (χ1n) is 5.82. The SMILES string of the molecule is CC1OC(C)C(C(=O)NCC(O)C(F)(F)F)C1C. The van der Waals surface area contributed by atoms with Crippen LogP contribution in [0.25, 0.3) is 0 Å². The number of nitrogens with one attached hydrogen (secondary N) is 1. The molecule has 1 aliphatic rings. The Labute approximate surface area is 103 Å². The Morgan fingerprint density at radius 2 is 1.89 bits per heavy atom. The predicted octanol–water partition coefficient (Wildman–Crippen LogP) is 1.09. The third-order valence-electron chi connectivity index (χ3n) is 3.39. The van der Waals surface area contributed by atoms with Crippen molar-refractivity contribution in [2.75, 3.05) is 6.54 Å². The van der Waals surface area contributed by atoms with Gasteiger partial charge in [0.05, 0.1) is 24.7 Å². The number of amides is 1. The standard InChI is InChI=1S/C11H18F3NO3/c1-5-6(2)18-7(3)9(5)10(17)15-4-8(16)11(12,13)14/h5-9,16H,4H2,1-3H3,(H,15,17). The molecular weight excluding hydrogens is 251 g/mol. The molecule has 0 spiro atoms. The van der Waals surface area contributed by atoms with Gasteiger partial charge in [0.15, 0.2) is 6.10 Å². The van der Waals surface area contributed by atoms with Gasteiger partial charge in [0.2, 0.25) is 5.91 Å². The lowest BCUT2D eigenvalue weighted by atomic mass is 9.89. The molecule has 2 N–H and O–H groups in total. The molecule has 1 aliphatic heterocycles. The fourth-order valence-electron chi connectivity index (χ4n) is 2.15. The average molecular weight is 269 g/mol. The molecule has 18 heavy (non-hydrogen) atoms. The second-order valence-electron chi connectivity index (χ2n) is 4.73. The number of carbonyl (C=O) groups is 1. The zero-order valence-corrected chi connectivity index (χ0v) is 10.5. The smallest absolute Gasteiger partial charge is 0.382 e. The van der Waals surface area contributed by atoms with Crippen LogP contribution < -0.4 is 5.32 Å². The van der Waals surface area contributed by atoms with E-state index >= 15 is 0 Å². The summed E-state index contributed by atoms with van der Waals surface area (Å²) in [4.78, 5) is 11.8. The highest BCUT2D eigenvalue weighted by Crippen LogP contribution is 2.32. The molecule has 1 fully saturated rings. The zero-order valence-electron chi connectivity index (χ0n) is 10.5. The Balaban J connectivity index is 2.51. The van der Waals surface area contributed by atoms with E-state index in [4.69, 9.17) is 9.84 Å². The fraction of sp³-hybridized carbons (Fsp3) is 0.909. The summed E-state index contributed by atoms with van der Waals surface area (Å²) in [5.41, 5.74) is 0. The second kappa shape index (κ2) is 5.44. The summed E-state index contributed by atoms with van der Waals surface area (Å²) in [6.07, 6.45) is -7.70. The summed E-state index contributed by atoms with van der Waals surface area (Å²) in [6, 6.07) is 0. The summed E-state index contributed by atoms with van der Waals surface area (Å²) in [5.74, 6) is -1.06. The molecular formula is C11H18F3NO3. The molecule has 1 heterocycles. The highest BCUT2D eigenvalue weighted by atomic mass is 19.4. The van der Waals surface area contributed by atoms with E-state index in [1.807, 2.05) is 13.8 Å². The van der Waals surface area contributed by atoms with E-state index in [2.05, 4.69) is 5.32 Å². The van der Waals surface area contributed by atoms with Gasteiger partial charge in [0.1, 0.15) is 0 Å². The zero-order chi connectivity index (χ0) is 14.1. The lowest BCUT2D eigenvalue weighted by molar-refractivity contribution is -0.202. The normalized spacial score (nSPS) is 34.4. The van der Waals surface area contributed by atoms with Crippen LogP contribution in [0.3, 0.4) is 0 Å². The van der Waals surface area contributed by atoms with Crippen molar-refractivity contribution in [2.45, 2.75) is 45.3 Å². The quantitative estimate of drug-likeness (QED) is 0.806. The summed E-state index contributed by atoms with van der Waals surface area (Å²) >= 11 is 0. The summed E-state index contributed by atoms with van der Waals surface area (Å²) in [6.45, 7) is 4.52. The number of alkyl halides is 3. The van der Waals surface area contributed by atoms with Crippen molar-refractivity contribution in [2.24, 2.45) is 11.8 Å². The van der Waals surface area contributed by atoms with Gasteiger partial charge in [-0.05, 0) is 19.8 Å². The molecule has 0 aromatic carbocycles. The van der Waals surface area contributed by atoms with E-state index in [-0.39, 0.29) is 18.1 Å². The van der Waals surface area contributed by atoms with Crippen LogP contribution in [0.15, 0.2) is 0 Å². The second-order valence-corrected chi connectivity index (χ2v) is 4.73. The Kier molecular flexibility index (Phi) is 4.61. The van der Waals surface area contributed by atoms with Crippen molar-refractivity contribution in [1.29, 1.82) is 0 Å². The van der Waals surface area contributed by atoms with Gasteiger partial charge in [-0.2, -0.15) is 13.2 Å². The van der Waals surface area contributed by atoms with Gasteiger partial charge in [0, 0.05) is 0 Å². The van der Waals surface area contributed by atoms with E-state index in [1.165, 1.54) is 0 Å². The van der Waals surface area contributed by atoms with Gasteiger partial charge < -0.3 is 15.2 Å². The molecule has 0 aliphatic carbocycles. The van der Waals surface area contributed by atoms with Crippen molar-refractivity contribution in [3.63, 3.8) is 0 Å². The van der Waals surface area contributed by atoms with Crippen molar-refractivity contribution >= 4 is 5.91 Å². The first-order chi connectivity index (χ1) is 8.14. The molecule has 0 aromatic heterocycles. The van der Waals surface area contributed by atoms with Gasteiger partial charge >= 0.3 is 6.18 Å². The molecule has 7 heteroatoms. The molecule has 5 atom stereocenters. The highest BCUT2D eigenvalue weighted by molar-refractivity contribution is 5.79. The summed E-state index contributed by atoms with van der Waals surface area (Å²) in [5, 5.41) is 10.9. The lowest BCUT2D eigenvalue weighted by Gasteiger charge is -2.20. The molecule has 1 rings (SSSR count). The minimum atomic E-state index is -4.72. The number of halogens is 3. The van der Waals surface area contributed by atoms with Crippen LogP contribution in [0.4, 0.5) is 13.2 Å². The molecule has 0 aromatic rings. The van der Waals surface area contributed by atoms with Crippen molar-refractivity contribution in [3.05, 3.63) is 0 Å². The van der Waals surface area contributed by atoms with Gasteiger partial charge in [-0.15, -0.1) is 0 Å². The number of aliphatic hydroxyl groups is 1. The minimum Gasteiger partial charge on any atom is -0.382 e. The third kappa shape index (κ3) is 3.35. The van der Waals surface area contributed by atoms with Gasteiger partial charge in [-0.1, -0.05) is 6.92 Å². The van der Waals surface area contributed by atoms with E-state index < -0.39 is 30.7 Å². The first kappa shape index (κ1) is 15.2. The Morgan fingerprint density at radius 3 is 2.28 bits per heavy atom. The van der Waals surface area contributed by atoms with Crippen LogP contribution in [0.2, 0.25) is 0 Å². The van der Waals surface area contributed by atoms with Gasteiger partial charge in [0.25, 0.3) is 0 Å². The maximum Gasteiger partial charge on any atom is 0.416 e. The molecule has 0 radical (unpaired) electrons. The number of carbonyl (C=O) groups excluding carboxylic acids is 1. The predicted molar refractivity (Wildman–Crippen MR) is 57.7 cm³/mol. The fourth-order valence-corrected chi connectivity index (χ4v) is 2.15. The van der Waals surface area contributed by atoms with Gasteiger partial charge in [-0.25, -0.2) is 0 Å². The van der Waals surface area contributed by atoms with Crippen molar-refractivity contribution < 1.29 is 27.8 Å². The number of rotatable bonds is 3. The van der Waals surface area contributed by atoms with E-state index in [0.29, 0.717) is 0 Å². The Hall–Kier alpha value is -0.820. The van der Waals surface area contributed by atoms with Crippen molar-refractivity contribution in [3.8, 4) is 0 Å². The van der Waals surface area contributed by atoms with Crippen LogP contribution in [0.5, 0.6) is 0 Å². The molecule has 106 valence electrons. The molecule has 0 bridgehead atoms. The van der Waals surface area contributed by atoms with Crippen molar-refractivity contribution in [1.82, 2.24) is 5.32 Å². The average Bonchev–Trinajstić information content (AvgIpc) is 2.48. The first-order valence-corrected chi connectivity index (χ1v) is 5.82. The minimum absolute atomic E-state index is 0.0666. The van der Waals surface area contributed by atoms with E-state index in [1.54, 1.807) is 6.92 Å². The van der Waals surface area contributed by atoms with Crippen LogP contribution in [-0.2, 0) is 9.53 Å².